The number of nitrogens with zero attached hydrogens (tertiary/aromatic N) is 4. The molecule has 2 N–H and O–H groups in total. The molecule has 1 aromatic carbocycles. The average Bonchev–Trinajstić information content (AvgIpc) is 3.24. The molecule has 1 unspecified atom stereocenters. The van der Waals surface area contributed by atoms with Crippen LogP contribution >= 0.6 is 24.0 Å². The first kappa shape index (κ1) is 27.2. The molecule has 0 bridgehead atoms. The highest BCUT2D eigenvalue weighted by atomic mass is 127. The molecular formula is C23H39IN6O. The number of hydrogen-bond acceptors (Lipinski definition) is 4. The minimum Gasteiger partial charge on any atom is -0.497 e. The van der Waals surface area contributed by atoms with Crippen LogP contribution in [0.1, 0.15) is 46.2 Å². The smallest absolute Gasteiger partial charge is 0.191 e. The van der Waals surface area contributed by atoms with Crippen LogP contribution in [0.5, 0.6) is 5.75 Å². The monoisotopic (exact) mass is 542 g/mol. The molecule has 7 nitrogen and oxygen atoms in total. The third kappa shape index (κ3) is 9.47. The lowest BCUT2D eigenvalue weighted by Crippen LogP contribution is -2.42. The first-order valence-electron chi connectivity index (χ1n) is 11.1. The molecule has 0 saturated heterocycles. The predicted octanol–water partition coefficient (Wildman–Crippen LogP) is 4.06. The fourth-order valence-corrected chi connectivity index (χ4v) is 3.27. The van der Waals surface area contributed by atoms with Crippen LogP contribution in [0, 0.1) is 0 Å². The molecular weight excluding hydrogens is 503 g/mol. The minimum atomic E-state index is 0. The number of guanidine groups is 1. The lowest BCUT2D eigenvalue weighted by atomic mass is 10.2. The molecule has 2 aromatic rings. The van der Waals surface area contributed by atoms with Crippen molar-refractivity contribution in [2.75, 3.05) is 33.3 Å². The molecule has 0 fully saturated rings. The third-order valence-electron chi connectivity index (χ3n) is 5.11. The first-order chi connectivity index (χ1) is 14.6. The summed E-state index contributed by atoms with van der Waals surface area (Å²) >= 11 is 0. The van der Waals surface area contributed by atoms with Crippen molar-refractivity contribution in [1.29, 1.82) is 0 Å². The molecule has 31 heavy (non-hydrogen) atoms. The van der Waals surface area contributed by atoms with Gasteiger partial charge in [-0.25, -0.2) is 9.67 Å². The van der Waals surface area contributed by atoms with E-state index in [0.29, 0.717) is 12.6 Å². The summed E-state index contributed by atoms with van der Waals surface area (Å²) < 4.78 is 7.08. The van der Waals surface area contributed by atoms with Crippen LogP contribution in [-0.2, 0) is 6.54 Å². The van der Waals surface area contributed by atoms with Crippen molar-refractivity contribution in [3.05, 3.63) is 42.2 Å². The Morgan fingerprint density at radius 3 is 2.48 bits per heavy atom. The second-order valence-corrected chi connectivity index (χ2v) is 7.36. The molecule has 0 saturated carbocycles. The number of methoxy groups -OCH3 is 1. The summed E-state index contributed by atoms with van der Waals surface area (Å²) in [7, 11) is 1.67. The van der Waals surface area contributed by atoms with Gasteiger partial charge in [0, 0.05) is 18.8 Å². The normalized spacial score (nSPS) is 12.4. The molecule has 0 spiro atoms. The molecule has 8 heteroatoms. The summed E-state index contributed by atoms with van der Waals surface area (Å²) in [4.78, 5) is 7.19. The first-order valence-corrected chi connectivity index (χ1v) is 11.1. The van der Waals surface area contributed by atoms with E-state index in [2.05, 4.69) is 48.3 Å². The fraction of sp³-hybridized carbons (Fsp3) is 0.565. The molecule has 0 aliphatic heterocycles. The average molecular weight is 543 g/mol. The third-order valence-corrected chi connectivity index (χ3v) is 5.11. The van der Waals surface area contributed by atoms with Crippen molar-refractivity contribution in [2.24, 2.45) is 4.99 Å². The second-order valence-electron chi connectivity index (χ2n) is 7.36. The Morgan fingerprint density at radius 2 is 1.87 bits per heavy atom. The van der Waals surface area contributed by atoms with Gasteiger partial charge in [-0.1, -0.05) is 13.8 Å². The molecule has 2 rings (SSSR count). The molecule has 1 aromatic heterocycles. The lowest BCUT2D eigenvalue weighted by Gasteiger charge is -2.21. The number of benzene rings is 1. The number of rotatable bonds is 12. The number of hydrogen-bond donors (Lipinski definition) is 2. The molecule has 1 atom stereocenters. The molecule has 0 radical (unpaired) electrons. The fourth-order valence-electron chi connectivity index (χ4n) is 3.27. The van der Waals surface area contributed by atoms with Gasteiger partial charge in [0.2, 0.25) is 0 Å². The van der Waals surface area contributed by atoms with Crippen LogP contribution in [0.3, 0.4) is 0 Å². The van der Waals surface area contributed by atoms with Crippen LogP contribution < -0.4 is 15.4 Å². The minimum absolute atomic E-state index is 0. The number of aliphatic imine (C=N–C) groups is 1. The SMILES string of the molecule is CCNC(=NCc1ccn(-c2ccc(OC)cc2)n1)NC(C)CCCN(CC)CC.I. The zero-order chi connectivity index (χ0) is 21.8. The van der Waals surface area contributed by atoms with Gasteiger partial charge in [-0.05, 0) is 76.7 Å². The van der Waals surface area contributed by atoms with Crippen LogP contribution in [-0.4, -0.2) is 60.0 Å². The summed E-state index contributed by atoms with van der Waals surface area (Å²) in [6, 6.07) is 10.2. The number of halogens is 1. The zero-order valence-electron chi connectivity index (χ0n) is 19.6. The summed E-state index contributed by atoms with van der Waals surface area (Å²) in [6.45, 7) is 13.5. The van der Waals surface area contributed by atoms with Gasteiger partial charge in [0.1, 0.15) is 5.75 Å². The Bertz CT molecular complexity index is 758. The molecule has 0 aliphatic rings. The van der Waals surface area contributed by atoms with Gasteiger partial charge in [0.05, 0.1) is 25.0 Å². The van der Waals surface area contributed by atoms with Crippen molar-refractivity contribution in [3.8, 4) is 11.4 Å². The van der Waals surface area contributed by atoms with Gasteiger partial charge in [-0.2, -0.15) is 5.10 Å². The maximum absolute atomic E-state index is 5.21. The highest BCUT2D eigenvalue weighted by Crippen LogP contribution is 2.14. The summed E-state index contributed by atoms with van der Waals surface area (Å²) in [6.07, 6.45) is 4.26. The summed E-state index contributed by atoms with van der Waals surface area (Å²) in [5.41, 5.74) is 1.93. The van der Waals surface area contributed by atoms with E-state index in [1.54, 1.807) is 7.11 Å². The van der Waals surface area contributed by atoms with Crippen molar-refractivity contribution in [3.63, 3.8) is 0 Å². The van der Waals surface area contributed by atoms with Crippen molar-refractivity contribution < 1.29 is 4.74 Å². The van der Waals surface area contributed by atoms with E-state index in [9.17, 15) is 0 Å². The van der Waals surface area contributed by atoms with Gasteiger partial charge in [-0.15, -0.1) is 24.0 Å². The lowest BCUT2D eigenvalue weighted by molar-refractivity contribution is 0.292. The van der Waals surface area contributed by atoms with E-state index in [-0.39, 0.29) is 24.0 Å². The van der Waals surface area contributed by atoms with Crippen molar-refractivity contribution in [2.45, 2.75) is 53.1 Å². The Balaban J connectivity index is 0.00000480. The van der Waals surface area contributed by atoms with E-state index >= 15 is 0 Å². The van der Waals surface area contributed by atoms with E-state index in [1.807, 2.05) is 41.2 Å². The Morgan fingerprint density at radius 1 is 1.16 bits per heavy atom. The van der Waals surface area contributed by atoms with E-state index in [1.165, 1.54) is 6.42 Å². The van der Waals surface area contributed by atoms with Crippen LogP contribution in [0.25, 0.3) is 5.69 Å². The van der Waals surface area contributed by atoms with Crippen molar-refractivity contribution in [1.82, 2.24) is 25.3 Å². The van der Waals surface area contributed by atoms with Gasteiger partial charge < -0.3 is 20.3 Å². The standard InChI is InChI=1S/C23H38N6O.HI/c1-6-24-23(26-19(4)10-9-16-28(7-2)8-3)25-18-20-15-17-29(27-20)21-11-13-22(30-5)14-12-21;/h11-15,17,19H,6-10,16,18H2,1-5H3,(H2,24,25,26);1H. The number of aromatic nitrogens is 2. The van der Waals surface area contributed by atoms with Gasteiger partial charge in [-0.3, -0.25) is 0 Å². The van der Waals surface area contributed by atoms with Gasteiger partial charge in [0.25, 0.3) is 0 Å². The molecule has 0 aliphatic carbocycles. The highest BCUT2D eigenvalue weighted by Gasteiger charge is 2.07. The zero-order valence-corrected chi connectivity index (χ0v) is 21.9. The van der Waals surface area contributed by atoms with E-state index < -0.39 is 0 Å². The van der Waals surface area contributed by atoms with E-state index in [4.69, 9.17) is 9.73 Å². The number of nitrogens with one attached hydrogen (secondary N) is 2. The highest BCUT2D eigenvalue weighted by molar-refractivity contribution is 14.0. The van der Waals surface area contributed by atoms with Gasteiger partial charge >= 0.3 is 0 Å². The summed E-state index contributed by atoms with van der Waals surface area (Å²) in [5, 5.41) is 11.5. The van der Waals surface area contributed by atoms with Gasteiger partial charge in [0.15, 0.2) is 5.96 Å². The predicted molar refractivity (Wildman–Crippen MR) is 140 cm³/mol. The van der Waals surface area contributed by atoms with Crippen LogP contribution in [0.4, 0.5) is 0 Å². The van der Waals surface area contributed by atoms with Crippen LogP contribution in [0.15, 0.2) is 41.5 Å². The maximum atomic E-state index is 5.21. The summed E-state index contributed by atoms with van der Waals surface area (Å²) in [5.74, 6) is 1.68. The largest absolute Gasteiger partial charge is 0.497 e. The Hall–Kier alpha value is -1.81. The maximum Gasteiger partial charge on any atom is 0.191 e. The molecule has 1 heterocycles. The van der Waals surface area contributed by atoms with E-state index in [0.717, 1.165) is 55.7 Å². The van der Waals surface area contributed by atoms with Crippen molar-refractivity contribution >= 4 is 29.9 Å². The second kappa shape index (κ2) is 15.1. The van der Waals surface area contributed by atoms with Crippen LogP contribution in [0.2, 0.25) is 0 Å². The molecule has 0 amide bonds. The topological polar surface area (TPSA) is 66.7 Å². The Labute approximate surface area is 204 Å². The Kier molecular flexibility index (Phi) is 13.2. The molecule has 174 valence electrons. The number of ether oxygens (including phenoxy) is 1. The quantitative estimate of drug-likeness (QED) is 0.241.